The molecule has 130 valence electrons. The molecule has 0 saturated heterocycles. The maximum absolute atomic E-state index is 11.6. The average Bonchev–Trinajstić information content (AvgIpc) is 2.40. The first-order valence-electron chi connectivity index (χ1n) is 6.36. The van der Waals surface area contributed by atoms with Crippen molar-refractivity contribution in [3.05, 3.63) is 30.3 Å². The predicted octanol–water partition coefficient (Wildman–Crippen LogP) is 1.24. The van der Waals surface area contributed by atoms with Crippen molar-refractivity contribution < 1.29 is 33.5 Å². The third-order valence-electron chi connectivity index (χ3n) is 2.97. The van der Waals surface area contributed by atoms with E-state index in [1.807, 2.05) is 30.3 Å². The van der Waals surface area contributed by atoms with Crippen LogP contribution in [0.4, 0.5) is 4.79 Å². The van der Waals surface area contributed by atoms with Crippen molar-refractivity contribution in [2.45, 2.75) is 22.8 Å². The van der Waals surface area contributed by atoms with Gasteiger partial charge in [-0.15, -0.1) is 11.8 Å². The van der Waals surface area contributed by atoms with E-state index >= 15 is 0 Å². The Hall–Kier alpha value is -0.860. The fourth-order valence-electron chi connectivity index (χ4n) is 1.89. The highest BCUT2D eigenvalue weighted by molar-refractivity contribution is 7.99. The average molecular weight is 384 g/mol. The lowest BCUT2D eigenvalue weighted by Crippen LogP contribution is -2.50. The fourth-order valence-corrected chi connectivity index (χ4v) is 5.53. The molecule has 0 bridgehead atoms. The molecule has 2 amide bonds. The molecule has 0 atom stereocenters. The van der Waals surface area contributed by atoms with Crippen LogP contribution in [0.3, 0.4) is 0 Å². The van der Waals surface area contributed by atoms with Crippen LogP contribution in [0.15, 0.2) is 35.2 Å². The van der Waals surface area contributed by atoms with Gasteiger partial charge in [0.25, 0.3) is 0 Å². The van der Waals surface area contributed by atoms with Gasteiger partial charge < -0.3 is 30.6 Å². The lowest BCUT2D eigenvalue weighted by atomic mass is 10.3. The van der Waals surface area contributed by atoms with Crippen LogP contribution in [-0.2, 0) is 9.13 Å². The summed E-state index contributed by atoms with van der Waals surface area (Å²) in [6.07, 6.45) is -0.583. The second kappa shape index (κ2) is 7.81. The summed E-state index contributed by atoms with van der Waals surface area (Å²) in [5.41, 5.74) is 4.83. The summed E-state index contributed by atoms with van der Waals surface area (Å²) in [7, 11) is -10.8. The Morgan fingerprint density at radius 1 is 1.13 bits per heavy atom. The van der Waals surface area contributed by atoms with Gasteiger partial charge in [0.2, 0.25) is 5.02 Å². The minimum atomic E-state index is -5.38. The SMILES string of the molecule is NC(=O)NC(CCCSc1ccccc1)(P(=O)(O)O)P(=O)(O)O. The van der Waals surface area contributed by atoms with Crippen LogP contribution in [0.25, 0.3) is 0 Å². The quantitative estimate of drug-likeness (QED) is 0.221. The van der Waals surface area contributed by atoms with Gasteiger partial charge in [-0.25, -0.2) is 4.79 Å². The molecule has 0 aliphatic carbocycles. The Morgan fingerprint density at radius 2 is 1.65 bits per heavy atom. The van der Waals surface area contributed by atoms with Crippen LogP contribution in [0.5, 0.6) is 0 Å². The number of carbonyl (C=O) groups excluding carboxylic acids is 1. The number of benzene rings is 1. The van der Waals surface area contributed by atoms with Gasteiger partial charge in [0.1, 0.15) is 0 Å². The molecule has 7 N–H and O–H groups in total. The Labute approximate surface area is 137 Å². The van der Waals surface area contributed by atoms with E-state index in [-0.39, 0.29) is 6.42 Å². The molecule has 0 heterocycles. The van der Waals surface area contributed by atoms with Gasteiger partial charge in [-0.1, -0.05) is 18.2 Å². The van der Waals surface area contributed by atoms with Crippen LogP contribution < -0.4 is 11.1 Å². The van der Waals surface area contributed by atoms with Crippen molar-refractivity contribution in [2.24, 2.45) is 5.73 Å². The molecule has 0 fully saturated rings. The van der Waals surface area contributed by atoms with E-state index in [2.05, 4.69) is 0 Å². The zero-order chi connectivity index (χ0) is 17.7. The molecule has 1 rings (SSSR count). The van der Waals surface area contributed by atoms with Crippen LogP contribution in [-0.4, -0.2) is 36.4 Å². The summed E-state index contributed by atoms with van der Waals surface area (Å²) in [5, 5.41) is -1.44. The normalized spacial score (nSPS) is 12.9. The molecular weight excluding hydrogens is 366 g/mol. The van der Waals surface area contributed by atoms with Gasteiger partial charge in [-0.2, -0.15) is 0 Å². The van der Waals surface area contributed by atoms with Gasteiger partial charge in [0.15, 0.2) is 0 Å². The summed E-state index contributed by atoms with van der Waals surface area (Å²) < 4.78 is 23.2. The lowest BCUT2D eigenvalue weighted by molar-refractivity contribution is 0.234. The smallest absolute Gasteiger partial charge is 0.352 e. The van der Waals surface area contributed by atoms with Gasteiger partial charge in [0, 0.05) is 4.90 Å². The summed E-state index contributed by atoms with van der Waals surface area (Å²) in [6, 6.07) is 7.68. The molecule has 9 nitrogen and oxygen atoms in total. The molecule has 0 aliphatic heterocycles. The van der Waals surface area contributed by atoms with Crippen molar-refractivity contribution in [2.75, 3.05) is 5.75 Å². The minimum Gasteiger partial charge on any atom is -0.352 e. The second-order valence-corrected chi connectivity index (χ2v) is 9.88. The standard InChI is InChI=1S/C11H18N2O7P2S/c12-10(14)13-11(21(15,16)17,22(18,19)20)7-4-8-23-9-5-2-1-3-6-9/h1-3,5-6H,4,7-8H2,(H3,12,13,14)(H2,15,16,17)(H2,18,19,20). The first kappa shape index (κ1) is 20.2. The van der Waals surface area contributed by atoms with Crippen LogP contribution in [0.2, 0.25) is 0 Å². The minimum absolute atomic E-state index is 0.0378. The number of thioether (sulfide) groups is 1. The molecule has 23 heavy (non-hydrogen) atoms. The van der Waals surface area contributed by atoms with Gasteiger partial charge in [-0.3, -0.25) is 9.13 Å². The molecule has 0 aromatic heterocycles. The molecule has 1 aromatic carbocycles. The summed E-state index contributed by atoms with van der Waals surface area (Å²) in [4.78, 5) is 49.4. The highest BCUT2D eigenvalue weighted by Crippen LogP contribution is 2.69. The van der Waals surface area contributed by atoms with E-state index in [9.17, 15) is 33.5 Å². The van der Waals surface area contributed by atoms with Crippen molar-refractivity contribution in [3.8, 4) is 0 Å². The number of hydrogen-bond acceptors (Lipinski definition) is 4. The topological polar surface area (TPSA) is 170 Å². The highest BCUT2D eigenvalue weighted by Gasteiger charge is 2.60. The Bertz CT molecular complexity index is 609. The summed E-state index contributed by atoms with van der Waals surface area (Å²) in [5.74, 6) is 0.339. The van der Waals surface area contributed by atoms with Gasteiger partial charge in [-0.05, 0) is 30.7 Å². The van der Waals surface area contributed by atoms with E-state index < -0.39 is 32.7 Å². The van der Waals surface area contributed by atoms with E-state index in [4.69, 9.17) is 5.73 Å². The molecule has 0 aliphatic rings. The molecule has 0 unspecified atom stereocenters. The fraction of sp³-hybridized carbons (Fsp3) is 0.364. The number of hydrogen-bond donors (Lipinski definition) is 6. The molecule has 0 spiro atoms. The van der Waals surface area contributed by atoms with E-state index in [1.54, 1.807) is 5.32 Å². The number of carbonyl (C=O) groups is 1. The van der Waals surface area contributed by atoms with Gasteiger partial charge >= 0.3 is 21.2 Å². The van der Waals surface area contributed by atoms with Gasteiger partial charge in [0.05, 0.1) is 0 Å². The van der Waals surface area contributed by atoms with Crippen LogP contribution in [0.1, 0.15) is 12.8 Å². The van der Waals surface area contributed by atoms with Crippen LogP contribution in [0, 0.1) is 0 Å². The summed E-state index contributed by atoms with van der Waals surface area (Å²) in [6.45, 7) is 0. The van der Waals surface area contributed by atoms with E-state index in [1.165, 1.54) is 11.8 Å². The lowest BCUT2D eigenvalue weighted by Gasteiger charge is -2.34. The Morgan fingerprint density at radius 3 is 2.09 bits per heavy atom. The zero-order valence-electron chi connectivity index (χ0n) is 11.9. The number of urea groups is 1. The van der Waals surface area contributed by atoms with Crippen molar-refractivity contribution in [1.82, 2.24) is 5.32 Å². The zero-order valence-corrected chi connectivity index (χ0v) is 14.5. The Kier molecular flexibility index (Phi) is 6.85. The third kappa shape index (κ3) is 5.32. The summed E-state index contributed by atoms with van der Waals surface area (Å²) >= 11 is 1.35. The Balaban J connectivity index is 2.87. The highest BCUT2D eigenvalue weighted by atomic mass is 32.2. The monoisotopic (exact) mass is 384 g/mol. The molecule has 1 aromatic rings. The van der Waals surface area contributed by atoms with Crippen molar-refractivity contribution in [3.63, 3.8) is 0 Å². The molecular formula is C11H18N2O7P2S. The number of nitrogens with two attached hydrogens (primary N) is 1. The van der Waals surface area contributed by atoms with Crippen molar-refractivity contribution >= 4 is 33.0 Å². The first-order chi connectivity index (χ1) is 10.5. The van der Waals surface area contributed by atoms with Crippen LogP contribution >= 0.6 is 27.0 Å². The number of rotatable bonds is 8. The second-order valence-electron chi connectivity index (χ2n) is 4.66. The van der Waals surface area contributed by atoms with E-state index in [0.717, 1.165) is 4.90 Å². The number of amides is 2. The maximum atomic E-state index is 11.6. The largest absolute Gasteiger partial charge is 0.363 e. The molecule has 12 heteroatoms. The van der Waals surface area contributed by atoms with Crippen molar-refractivity contribution in [1.29, 1.82) is 0 Å². The number of nitrogens with one attached hydrogen (secondary N) is 1. The predicted molar refractivity (Wildman–Crippen MR) is 85.9 cm³/mol. The first-order valence-corrected chi connectivity index (χ1v) is 10.6. The molecule has 0 saturated carbocycles. The number of primary amides is 1. The van der Waals surface area contributed by atoms with E-state index in [0.29, 0.717) is 5.75 Å². The molecule has 0 radical (unpaired) electrons. The maximum Gasteiger partial charge on any atom is 0.363 e. The third-order valence-corrected chi connectivity index (χ3v) is 8.23.